The SMILES string of the molecule is CCc1ccc(CC(N)c2ncc(Br)cc2Br)s1. The molecule has 0 spiro atoms. The van der Waals surface area contributed by atoms with Gasteiger partial charge in [0.1, 0.15) is 0 Å². The van der Waals surface area contributed by atoms with Crippen LogP contribution >= 0.6 is 43.2 Å². The number of halogens is 2. The first-order valence-corrected chi connectivity index (χ1v) is 8.14. The van der Waals surface area contributed by atoms with E-state index in [0.29, 0.717) is 0 Å². The van der Waals surface area contributed by atoms with Crippen molar-refractivity contribution in [2.45, 2.75) is 25.8 Å². The zero-order chi connectivity index (χ0) is 13.1. The van der Waals surface area contributed by atoms with Gasteiger partial charge >= 0.3 is 0 Å². The number of rotatable bonds is 4. The monoisotopic (exact) mass is 388 g/mol. The predicted octanol–water partition coefficient (Wildman–Crippen LogP) is 4.47. The van der Waals surface area contributed by atoms with Crippen LogP contribution in [0, 0.1) is 0 Å². The first-order chi connectivity index (χ1) is 8.60. The average Bonchev–Trinajstić information content (AvgIpc) is 2.76. The Balaban J connectivity index is 2.13. The predicted molar refractivity (Wildman–Crippen MR) is 84.0 cm³/mol. The van der Waals surface area contributed by atoms with E-state index in [1.807, 2.05) is 17.4 Å². The number of aryl methyl sites for hydroxylation is 1. The lowest BCUT2D eigenvalue weighted by Gasteiger charge is -2.11. The molecular formula is C13H14Br2N2S. The lowest BCUT2D eigenvalue weighted by atomic mass is 10.1. The van der Waals surface area contributed by atoms with Crippen LogP contribution in [0.25, 0.3) is 0 Å². The maximum atomic E-state index is 6.23. The van der Waals surface area contributed by atoms with Gasteiger partial charge in [-0.15, -0.1) is 11.3 Å². The highest BCUT2D eigenvalue weighted by Gasteiger charge is 2.13. The van der Waals surface area contributed by atoms with Crippen LogP contribution in [-0.4, -0.2) is 4.98 Å². The molecule has 0 fully saturated rings. The Morgan fingerprint density at radius 2 is 2.06 bits per heavy atom. The third-order valence-corrected chi connectivity index (χ3v) is 5.00. The van der Waals surface area contributed by atoms with Crippen LogP contribution in [0.3, 0.4) is 0 Å². The Morgan fingerprint density at radius 3 is 2.67 bits per heavy atom. The topological polar surface area (TPSA) is 38.9 Å². The van der Waals surface area contributed by atoms with Crippen molar-refractivity contribution in [2.75, 3.05) is 0 Å². The van der Waals surface area contributed by atoms with Gasteiger partial charge in [-0.1, -0.05) is 6.92 Å². The summed E-state index contributed by atoms with van der Waals surface area (Å²) in [4.78, 5) is 7.11. The fourth-order valence-corrected chi connectivity index (χ4v) is 4.03. The Bertz CT molecular complexity index is 540. The molecule has 2 heterocycles. The minimum Gasteiger partial charge on any atom is -0.322 e. The van der Waals surface area contributed by atoms with Gasteiger partial charge in [-0.2, -0.15) is 0 Å². The molecule has 1 atom stereocenters. The van der Waals surface area contributed by atoms with Crippen LogP contribution in [0.5, 0.6) is 0 Å². The number of pyridine rings is 1. The smallest absolute Gasteiger partial charge is 0.0717 e. The molecule has 2 nitrogen and oxygen atoms in total. The molecule has 0 saturated heterocycles. The normalized spacial score (nSPS) is 12.7. The molecule has 2 N–H and O–H groups in total. The van der Waals surface area contributed by atoms with Gasteiger partial charge in [-0.05, 0) is 56.5 Å². The number of thiophene rings is 1. The van der Waals surface area contributed by atoms with Crippen molar-refractivity contribution in [1.82, 2.24) is 4.98 Å². The minimum absolute atomic E-state index is 0.0733. The molecule has 0 aliphatic rings. The van der Waals surface area contributed by atoms with E-state index in [9.17, 15) is 0 Å². The lowest BCUT2D eigenvalue weighted by molar-refractivity contribution is 0.699. The van der Waals surface area contributed by atoms with Gasteiger partial charge in [0.2, 0.25) is 0 Å². The Labute approximate surface area is 128 Å². The van der Waals surface area contributed by atoms with E-state index < -0.39 is 0 Å². The summed E-state index contributed by atoms with van der Waals surface area (Å²) >= 11 is 8.74. The summed E-state index contributed by atoms with van der Waals surface area (Å²) in [5.41, 5.74) is 7.13. The number of nitrogens with two attached hydrogens (primary N) is 1. The number of hydrogen-bond donors (Lipinski definition) is 1. The molecule has 5 heteroatoms. The molecule has 0 radical (unpaired) electrons. The zero-order valence-electron chi connectivity index (χ0n) is 9.99. The van der Waals surface area contributed by atoms with Crippen LogP contribution < -0.4 is 5.73 Å². The summed E-state index contributed by atoms with van der Waals surface area (Å²) in [7, 11) is 0. The van der Waals surface area contributed by atoms with Crippen molar-refractivity contribution < 1.29 is 0 Å². The second-order valence-electron chi connectivity index (χ2n) is 4.05. The molecule has 96 valence electrons. The first-order valence-electron chi connectivity index (χ1n) is 5.74. The van der Waals surface area contributed by atoms with Gasteiger partial charge in [-0.25, -0.2) is 0 Å². The fraction of sp³-hybridized carbons (Fsp3) is 0.308. The molecule has 1 unspecified atom stereocenters. The van der Waals surface area contributed by atoms with Crippen LogP contribution in [0.4, 0.5) is 0 Å². The fourth-order valence-electron chi connectivity index (χ4n) is 1.73. The maximum Gasteiger partial charge on any atom is 0.0717 e. The van der Waals surface area contributed by atoms with E-state index >= 15 is 0 Å². The molecule has 2 aromatic heterocycles. The zero-order valence-corrected chi connectivity index (χ0v) is 14.0. The molecule has 0 bridgehead atoms. The highest BCUT2D eigenvalue weighted by atomic mass is 79.9. The van der Waals surface area contributed by atoms with Crippen molar-refractivity contribution in [2.24, 2.45) is 5.73 Å². The summed E-state index contributed by atoms with van der Waals surface area (Å²) in [6.07, 6.45) is 3.70. The first kappa shape index (κ1) is 14.2. The van der Waals surface area contributed by atoms with Crippen molar-refractivity contribution in [3.05, 3.63) is 48.8 Å². The molecular weight excluding hydrogens is 376 g/mol. The van der Waals surface area contributed by atoms with Gasteiger partial charge in [0.15, 0.2) is 0 Å². The Morgan fingerprint density at radius 1 is 1.33 bits per heavy atom. The Hall–Kier alpha value is -0.230. The molecule has 0 amide bonds. The second kappa shape index (κ2) is 6.28. The lowest BCUT2D eigenvalue weighted by Crippen LogP contribution is -2.15. The third-order valence-electron chi connectivity index (χ3n) is 2.67. The van der Waals surface area contributed by atoms with E-state index in [-0.39, 0.29) is 6.04 Å². The van der Waals surface area contributed by atoms with E-state index in [1.54, 1.807) is 6.20 Å². The highest BCUT2D eigenvalue weighted by molar-refractivity contribution is 9.11. The molecule has 0 aliphatic heterocycles. The summed E-state index contributed by atoms with van der Waals surface area (Å²) in [6.45, 7) is 2.17. The van der Waals surface area contributed by atoms with Crippen molar-refractivity contribution in [3.63, 3.8) is 0 Å². The van der Waals surface area contributed by atoms with Gasteiger partial charge in [0.05, 0.1) is 11.7 Å². The quantitative estimate of drug-likeness (QED) is 0.837. The molecule has 18 heavy (non-hydrogen) atoms. The standard InChI is InChI=1S/C13H14Br2N2S/c1-2-9-3-4-10(18-9)6-12(16)13-11(15)5-8(14)7-17-13/h3-5,7,12H,2,6,16H2,1H3. The van der Waals surface area contributed by atoms with Gasteiger partial charge in [-0.3, -0.25) is 4.98 Å². The summed E-state index contributed by atoms with van der Waals surface area (Å²) in [5.74, 6) is 0. The summed E-state index contributed by atoms with van der Waals surface area (Å²) < 4.78 is 1.91. The van der Waals surface area contributed by atoms with Crippen LogP contribution in [0.1, 0.15) is 28.4 Å². The molecule has 0 saturated carbocycles. The van der Waals surface area contributed by atoms with Crippen molar-refractivity contribution in [3.8, 4) is 0 Å². The highest BCUT2D eigenvalue weighted by Crippen LogP contribution is 2.27. The minimum atomic E-state index is -0.0733. The van der Waals surface area contributed by atoms with Crippen LogP contribution in [-0.2, 0) is 12.8 Å². The third kappa shape index (κ3) is 3.41. The van der Waals surface area contributed by atoms with E-state index in [2.05, 4.69) is 55.9 Å². The van der Waals surface area contributed by atoms with Crippen LogP contribution in [0.2, 0.25) is 0 Å². The Kier molecular flexibility index (Phi) is 4.95. The average molecular weight is 390 g/mol. The van der Waals surface area contributed by atoms with Crippen molar-refractivity contribution in [1.29, 1.82) is 0 Å². The van der Waals surface area contributed by atoms with Crippen molar-refractivity contribution >= 4 is 43.2 Å². The number of aromatic nitrogens is 1. The van der Waals surface area contributed by atoms with E-state index in [4.69, 9.17) is 5.73 Å². The summed E-state index contributed by atoms with van der Waals surface area (Å²) in [6, 6.07) is 6.25. The molecule has 2 aromatic rings. The molecule has 2 rings (SSSR count). The second-order valence-corrected chi connectivity index (χ2v) is 7.08. The summed E-state index contributed by atoms with van der Waals surface area (Å²) in [5, 5.41) is 0. The van der Waals surface area contributed by atoms with Gasteiger partial charge in [0, 0.05) is 31.3 Å². The largest absolute Gasteiger partial charge is 0.322 e. The van der Waals surface area contributed by atoms with E-state index in [1.165, 1.54) is 9.75 Å². The number of hydrogen-bond acceptors (Lipinski definition) is 3. The maximum absolute atomic E-state index is 6.23. The number of nitrogens with zero attached hydrogens (tertiary/aromatic N) is 1. The van der Waals surface area contributed by atoms with Crippen LogP contribution in [0.15, 0.2) is 33.3 Å². The van der Waals surface area contributed by atoms with Gasteiger partial charge < -0.3 is 5.73 Å². The van der Waals surface area contributed by atoms with Gasteiger partial charge in [0.25, 0.3) is 0 Å². The molecule has 0 aliphatic carbocycles. The van der Waals surface area contributed by atoms with E-state index in [0.717, 1.165) is 27.5 Å². The molecule has 0 aromatic carbocycles.